The maximum absolute atomic E-state index is 13.7. The molecule has 37 heavy (non-hydrogen) atoms. The quantitative estimate of drug-likeness (QED) is 0.327. The summed E-state index contributed by atoms with van der Waals surface area (Å²) in [5.74, 6) is -2.27. The summed E-state index contributed by atoms with van der Waals surface area (Å²) in [5, 5.41) is 5.98. The van der Waals surface area contributed by atoms with Crippen molar-refractivity contribution < 1.29 is 23.1 Å². The average Bonchev–Trinajstić information content (AvgIpc) is 2.83. The van der Waals surface area contributed by atoms with Crippen LogP contribution in [0.2, 0.25) is 0 Å². The van der Waals surface area contributed by atoms with Gasteiger partial charge in [-0.15, -0.1) is 0 Å². The molecule has 4 N–H and O–H groups in total. The van der Waals surface area contributed by atoms with Gasteiger partial charge in [-0.25, -0.2) is 13.6 Å². The first kappa shape index (κ1) is 28.0. The predicted molar refractivity (Wildman–Crippen MR) is 140 cm³/mol. The molecule has 6 nitrogen and oxygen atoms in total. The number of benzene rings is 3. The number of hydrogen-bond donors (Lipinski definition) is 3. The molecule has 3 rings (SSSR count). The number of halogens is 2. The van der Waals surface area contributed by atoms with Gasteiger partial charge >= 0.3 is 5.97 Å². The van der Waals surface area contributed by atoms with E-state index in [1.165, 1.54) is 24.6 Å². The number of aryl methyl sites for hydroxylation is 2. The van der Waals surface area contributed by atoms with Crippen LogP contribution < -0.4 is 16.4 Å². The van der Waals surface area contributed by atoms with Gasteiger partial charge in [0.25, 0.3) is 0 Å². The number of nitrogens with one attached hydrogen (secondary N) is 2. The van der Waals surface area contributed by atoms with Crippen LogP contribution in [0.4, 0.5) is 14.5 Å². The molecule has 0 radical (unpaired) electrons. The monoisotopic (exact) mass is 509 g/mol. The van der Waals surface area contributed by atoms with Crippen molar-refractivity contribution in [2.45, 2.75) is 52.3 Å². The molecule has 0 fully saturated rings. The van der Waals surface area contributed by atoms with Crippen LogP contribution in [0.25, 0.3) is 0 Å². The molecule has 2 atom stereocenters. The SMILES string of the molecule is CCc1cccc(CNCC(OC(=O)c2ccc(C)c(NC(C)=O)c2)C(N)Cc2cc(F)cc(F)c2)c1. The molecule has 0 aliphatic rings. The first-order valence-corrected chi connectivity index (χ1v) is 12.2. The van der Waals surface area contributed by atoms with E-state index < -0.39 is 29.7 Å². The van der Waals surface area contributed by atoms with Crippen molar-refractivity contribution in [1.29, 1.82) is 0 Å². The standard InChI is InChI=1S/C29H33F2N3O3/c1-4-20-6-5-7-21(10-20)16-33-17-28(26(32)13-22-11-24(30)15-25(31)12-22)37-29(36)23-9-8-18(2)27(14-23)34-19(3)35/h5-12,14-15,26,28,33H,4,13,16-17,32H2,1-3H3,(H,34,35). The van der Waals surface area contributed by atoms with Gasteiger partial charge in [-0.3, -0.25) is 4.79 Å². The highest BCUT2D eigenvalue weighted by Gasteiger charge is 2.24. The molecule has 0 aromatic heterocycles. The summed E-state index contributed by atoms with van der Waals surface area (Å²) in [7, 11) is 0. The van der Waals surface area contributed by atoms with Gasteiger partial charge in [0.2, 0.25) is 5.91 Å². The highest BCUT2D eigenvalue weighted by atomic mass is 19.1. The molecule has 0 aliphatic carbocycles. The fourth-order valence-corrected chi connectivity index (χ4v) is 4.01. The van der Waals surface area contributed by atoms with E-state index in [2.05, 4.69) is 29.7 Å². The zero-order valence-corrected chi connectivity index (χ0v) is 21.3. The van der Waals surface area contributed by atoms with Crippen molar-refractivity contribution in [2.75, 3.05) is 11.9 Å². The third kappa shape index (κ3) is 8.48. The lowest BCUT2D eigenvalue weighted by atomic mass is 10.0. The van der Waals surface area contributed by atoms with E-state index in [4.69, 9.17) is 10.5 Å². The number of esters is 1. The Labute approximate surface area is 216 Å². The summed E-state index contributed by atoms with van der Waals surface area (Å²) in [4.78, 5) is 24.6. The molecular weight excluding hydrogens is 476 g/mol. The summed E-state index contributed by atoms with van der Waals surface area (Å²) in [5.41, 5.74) is 10.6. The minimum atomic E-state index is -0.793. The Hall–Kier alpha value is -3.62. The summed E-state index contributed by atoms with van der Waals surface area (Å²) in [6.07, 6.45) is 0.226. The molecule has 0 saturated heterocycles. The van der Waals surface area contributed by atoms with E-state index in [1.54, 1.807) is 18.2 Å². The molecular formula is C29H33F2N3O3. The summed E-state index contributed by atoms with van der Waals surface area (Å²) in [6, 6.07) is 15.5. The van der Waals surface area contributed by atoms with Crippen molar-refractivity contribution in [1.82, 2.24) is 5.32 Å². The van der Waals surface area contributed by atoms with Gasteiger partial charge in [0.15, 0.2) is 0 Å². The summed E-state index contributed by atoms with van der Waals surface area (Å²) < 4.78 is 33.2. The first-order valence-electron chi connectivity index (χ1n) is 12.2. The second kappa shape index (κ2) is 13.1. The van der Waals surface area contributed by atoms with E-state index in [1.807, 2.05) is 19.1 Å². The number of hydrogen-bond acceptors (Lipinski definition) is 5. The Morgan fingerprint density at radius 1 is 0.973 bits per heavy atom. The Bertz CT molecular complexity index is 1230. The van der Waals surface area contributed by atoms with E-state index in [9.17, 15) is 18.4 Å². The third-order valence-electron chi connectivity index (χ3n) is 5.99. The lowest BCUT2D eigenvalue weighted by Gasteiger charge is -2.25. The van der Waals surface area contributed by atoms with Crippen LogP contribution in [0.3, 0.4) is 0 Å². The molecule has 0 heterocycles. The Balaban J connectivity index is 1.76. The van der Waals surface area contributed by atoms with Crippen LogP contribution in [0.5, 0.6) is 0 Å². The second-order valence-corrected chi connectivity index (χ2v) is 9.10. The zero-order chi connectivity index (χ0) is 26.9. The molecule has 3 aromatic carbocycles. The minimum Gasteiger partial charge on any atom is -0.456 e. The predicted octanol–water partition coefficient (Wildman–Crippen LogP) is 4.68. The van der Waals surface area contributed by atoms with Crippen molar-refractivity contribution in [3.8, 4) is 0 Å². The van der Waals surface area contributed by atoms with E-state index in [0.717, 1.165) is 23.6 Å². The van der Waals surface area contributed by atoms with Gasteiger partial charge in [0.1, 0.15) is 17.7 Å². The van der Waals surface area contributed by atoms with Gasteiger partial charge in [0, 0.05) is 37.8 Å². The Morgan fingerprint density at radius 3 is 2.35 bits per heavy atom. The highest BCUT2D eigenvalue weighted by molar-refractivity contribution is 5.94. The van der Waals surface area contributed by atoms with Gasteiger partial charge in [-0.2, -0.15) is 0 Å². The lowest BCUT2D eigenvalue weighted by Crippen LogP contribution is -2.46. The molecule has 0 saturated carbocycles. The smallest absolute Gasteiger partial charge is 0.338 e. The molecule has 1 amide bonds. The number of anilines is 1. The van der Waals surface area contributed by atoms with Crippen LogP contribution in [0.1, 0.15) is 46.5 Å². The number of carbonyl (C=O) groups is 2. The van der Waals surface area contributed by atoms with Gasteiger partial charge in [0.05, 0.1) is 5.56 Å². The molecule has 3 aromatic rings. The first-order chi connectivity index (χ1) is 17.6. The third-order valence-corrected chi connectivity index (χ3v) is 5.99. The van der Waals surface area contributed by atoms with Crippen LogP contribution in [0, 0.1) is 18.6 Å². The van der Waals surface area contributed by atoms with E-state index in [0.29, 0.717) is 17.8 Å². The Kier molecular flexibility index (Phi) is 9.88. The zero-order valence-electron chi connectivity index (χ0n) is 21.3. The molecule has 196 valence electrons. The fourth-order valence-electron chi connectivity index (χ4n) is 4.01. The van der Waals surface area contributed by atoms with Crippen LogP contribution in [-0.2, 0) is 28.9 Å². The molecule has 0 aliphatic heterocycles. The average molecular weight is 510 g/mol. The van der Waals surface area contributed by atoms with Crippen molar-refractivity contribution in [3.63, 3.8) is 0 Å². The van der Waals surface area contributed by atoms with Crippen molar-refractivity contribution >= 4 is 17.6 Å². The summed E-state index contributed by atoms with van der Waals surface area (Å²) >= 11 is 0. The molecule has 8 heteroatoms. The number of ether oxygens (including phenoxy) is 1. The molecule has 0 bridgehead atoms. The van der Waals surface area contributed by atoms with Gasteiger partial charge < -0.3 is 21.1 Å². The maximum Gasteiger partial charge on any atom is 0.338 e. The number of nitrogens with two attached hydrogens (primary N) is 1. The fraction of sp³-hybridized carbons (Fsp3) is 0.310. The topological polar surface area (TPSA) is 93.5 Å². The second-order valence-electron chi connectivity index (χ2n) is 9.10. The van der Waals surface area contributed by atoms with Crippen LogP contribution in [-0.4, -0.2) is 30.6 Å². The summed E-state index contributed by atoms with van der Waals surface area (Å²) in [6.45, 7) is 6.04. The van der Waals surface area contributed by atoms with Gasteiger partial charge in [-0.1, -0.05) is 37.3 Å². The Morgan fingerprint density at radius 2 is 1.68 bits per heavy atom. The van der Waals surface area contributed by atoms with Crippen LogP contribution >= 0.6 is 0 Å². The van der Waals surface area contributed by atoms with Gasteiger partial charge in [-0.05, 0) is 66.3 Å². The van der Waals surface area contributed by atoms with Crippen LogP contribution in [0.15, 0.2) is 60.7 Å². The number of rotatable bonds is 11. The highest BCUT2D eigenvalue weighted by Crippen LogP contribution is 2.19. The number of amides is 1. The van der Waals surface area contributed by atoms with Crippen molar-refractivity contribution in [3.05, 3.63) is 100 Å². The van der Waals surface area contributed by atoms with Crippen molar-refractivity contribution in [2.24, 2.45) is 5.73 Å². The van der Waals surface area contributed by atoms with E-state index in [-0.39, 0.29) is 24.4 Å². The minimum absolute atomic E-state index is 0.102. The molecule has 0 spiro atoms. The lowest BCUT2D eigenvalue weighted by molar-refractivity contribution is -0.114. The number of carbonyl (C=O) groups excluding carboxylic acids is 2. The maximum atomic E-state index is 13.7. The largest absolute Gasteiger partial charge is 0.456 e. The van der Waals surface area contributed by atoms with E-state index >= 15 is 0 Å². The molecule has 2 unspecified atom stereocenters. The normalized spacial score (nSPS) is 12.6.